The van der Waals surface area contributed by atoms with E-state index in [4.69, 9.17) is 19.1 Å². The van der Waals surface area contributed by atoms with Gasteiger partial charge in [-0.1, -0.05) is 167 Å². The van der Waals surface area contributed by atoms with Crippen LogP contribution >= 0.6 is 7.82 Å². The summed E-state index contributed by atoms with van der Waals surface area (Å²) >= 11 is 0. The first-order valence-corrected chi connectivity index (χ1v) is 22.8. The number of aliphatic hydroxyl groups excluding tert-OH is 2. The summed E-state index contributed by atoms with van der Waals surface area (Å²) in [4.78, 5) is 34.9. The van der Waals surface area contributed by atoms with Crippen LogP contribution in [-0.2, 0) is 32.7 Å². The summed E-state index contributed by atoms with van der Waals surface area (Å²) < 4.78 is 32.7. The number of ether oxygens (including phenoxy) is 2. The van der Waals surface area contributed by atoms with Crippen molar-refractivity contribution in [2.75, 3.05) is 26.4 Å². The number of hydrogen-bond acceptors (Lipinski definition) is 9. The molecule has 53 heavy (non-hydrogen) atoms. The Bertz CT molecular complexity index is 941. The second-order valence-corrected chi connectivity index (χ2v) is 15.8. The van der Waals surface area contributed by atoms with Gasteiger partial charge in [0.05, 0.1) is 19.8 Å². The molecule has 0 aliphatic carbocycles. The number of phosphoric acid groups is 1. The van der Waals surface area contributed by atoms with Gasteiger partial charge in [-0.15, -0.1) is 0 Å². The average Bonchev–Trinajstić information content (AvgIpc) is 3.14. The second-order valence-electron chi connectivity index (χ2n) is 14.4. The van der Waals surface area contributed by atoms with Crippen LogP contribution in [0.2, 0.25) is 0 Å². The molecule has 0 aromatic carbocycles. The van der Waals surface area contributed by atoms with Crippen LogP contribution < -0.4 is 0 Å². The van der Waals surface area contributed by atoms with Crippen molar-refractivity contribution in [3.63, 3.8) is 0 Å². The van der Waals surface area contributed by atoms with Crippen molar-refractivity contribution in [1.29, 1.82) is 0 Å². The lowest BCUT2D eigenvalue weighted by atomic mass is 10.0. The summed E-state index contributed by atoms with van der Waals surface area (Å²) in [6, 6.07) is 0. The first-order valence-electron chi connectivity index (χ1n) is 21.3. The van der Waals surface area contributed by atoms with E-state index in [1.54, 1.807) is 0 Å². The highest BCUT2D eigenvalue weighted by Gasteiger charge is 2.27. The molecule has 11 heteroatoms. The highest BCUT2D eigenvalue weighted by atomic mass is 31.2. The molecule has 312 valence electrons. The van der Waals surface area contributed by atoms with Crippen molar-refractivity contribution < 1.29 is 47.8 Å². The minimum Gasteiger partial charge on any atom is -0.462 e. The fourth-order valence-corrected chi connectivity index (χ4v) is 6.59. The maximum atomic E-state index is 12.6. The molecular weight excluding hydrogens is 695 g/mol. The number of carbonyl (C=O) groups excluding carboxylic acids is 2. The smallest absolute Gasteiger partial charge is 0.462 e. The molecule has 0 aliphatic heterocycles. The van der Waals surface area contributed by atoms with Crippen molar-refractivity contribution in [2.24, 2.45) is 0 Å². The van der Waals surface area contributed by atoms with Gasteiger partial charge in [-0.25, -0.2) is 4.57 Å². The Morgan fingerprint density at radius 1 is 0.566 bits per heavy atom. The van der Waals surface area contributed by atoms with E-state index in [9.17, 15) is 24.2 Å². The van der Waals surface area contributed by atoms with Crippen molar-refractivity contribution >= 4 is 19.8 Å². The van der Waals surface area contributed by atoms with Crippen LogP contribution in [0.3, 0.4) is 0 Å². The van der Waals surface area contributed by atoms with E-state index in [-0.39, 0.29) is 19.4 Å². The van der Waals surface area contributed by atoms with E-state index in [1.165, 1.54) is 89.9 Å². The SMILES string of the molecule is CCC/C=C\C/C=C\CCCCCCCC(=O)OC(COC(=O)CCCCCCCCCCCCCCCCCCC)COP(=O)(O)OCC(O)CO. The Balaban J connectivity index is 4.27. The standard InChI is InChI=1S/C42H79O10P/c1-3-5-7-9-11-13-15-17-18-19-20-22-23-25-27-29-31-33-41(45)49-37-40(38-51-53(47,48)50-36-39(44)35-43)52-42(46)34-32-30-28-26-24-21-16-14-12-10-8-6-4-2/h8,10,14,16,39-40,43-44H,3-7,9,11-13,15,17-38H2,1-2H3,(H,47,48)/b10-8-,16-14-. The summed E-state index contributed by atoms with van der Waals surface area (Å²) in [6.07, 6.45) is 37.2. The van der Waals surface area contributed by atoms with Gasteiger partial charge in [-0.3, -0.25) is 18.6 Å². The number of carbonyl (C=O) groups is 2. The van der Waals surface area contributed by atoms with Gasteiger partial charge in [-0.05, 0) is 38.5 Å². The third-order valence-corrected chi connectivity index (χ3v) is 10.0. The Hall–Kier alpha value is -1.55. The summed E-state index contributed by atoms with van der Waals surface area (Å²) in [5.41, 5.74) is 0. The van der Waals surface area contributed by atoms with Gasteiger partial charge in [0.15, 0.2) is 6.10 Å². The van der Waals surface area contributed by atoms with Crippen molar-refractivity contribution in [3.8, 4) is 0 Å². The zero-order chi connectivity index (χ0) is 39.1. The van der Waals surface area contributed by atoms with Crippen molar-refractivity contribution in [1.82, 2.24) is 0 Å². The van der Waals surface area contributed by atoms with Crippen LogP contribution in [0.25, 0.3) is 0 Å². The lowest BCUT2D eigenvalue weighted by Gasteiger charge is -2.20. The van der Waals surface area contributed by atoms with Crippen LogP contribution in [0.15, 0.2) is 24.3 Å². The number of allylic oxidation sites excluding steroid dienone is 4. The molecule has 0 aromatic heterocycles. The van der Waals surface area contributed by atoms with Gasteiger partial charge in [0.1, 0.15) is 12.7 Å². The molecule has 0 heterocycles. The van der Waals surface area contributed by atoms with E-state index in [0.717, 1.165) is 64.2 Å². The summed E-state index contributed by atoms with van der Waals surface area (Å²) in [5, 5.41) is 18.3. The predicted octanol–water partition coefficient (Wildman–Crippen LogP) is 11.0. The molecule has 0 spiro atoms. The minimum atomic E-state index is -4.61. The molecule has 3 N–H and O–H groups in total. The monoisotopic (exact) mass is 775 g/mol. The van der Waals surface area contributed by atoms with Gasteiger partial charge < -0.3 is 24.6 Å². The number of esters is 2. The molecule has 0 aromatic rings. The van der Waals surface area contributed by atoms with Crippen LogP contribution in [0.4, 0.5) is 0 Å². The fraction of sp³-hybridized carbons (Fsp3) is 0.857. The topological polar surface area (TPSA) is 149 Å². The molecule has 0 aliphatic rings. The molecule has 0 amide bonds. The first-order chi connectivity index (χ1) is 25.7. The predicted molar refractivity (Wildman–Crippen MR) is 215 cm³/mol. The second kappa shape index (κ2) is 38.7. The van der Waals surface area contributed by atoms with Gasteiger partial charge in [-0.2, -0.15) is 0 Å². The van der Waals surface area contributed by atoms with E-state index in [0.29, 0.717) is 12.8 Å². The molecular formula is C42H79O10P. The number of hydrogen-bond donors (Lipinski definition) is 3. The normalized spacial score (nSPS) is 14.1. The lowest BCUT2D eigenvalue weighted by molar-refractivity contribution is -0.161. The maximum Gasteiger partial charge on any atom is 0.472 e. The molecule has 0 bridgehead atoms. The number of rotatable bonds is 40. The Morgan fingerprint density at radius 3 is 1.53 bits per heavy atom. The zero-order valence-electron chi connectivity index (χ0n) is 33.7. The molecule has 10 nitrogen and oxygen atoms in total. The van der Waals surface area contributed by atoms with Crippen molar-refractivity contribution in [3.05, 3.63) is 24.3 Å². The summed E-state index contributed by atoms with van der Waals surface area (Å²) in [7, 11) is -4.61. The Kier molecular flexibility index (Phi) is 37.6. The number of unbranched alkanes of at least 4 members (excludes halogenated alkanes) is 22. The highest BCUT2D eigenvalue weighted by molar-refractivity contribution is 7.47. The number of aliphatic hydroxyl groups is 2. The lowest BCUT2D eigenvalue weighted by Crippen LogP contribution is -2.29. The maximum absolute atomic E-state index is 12.6. The molecule has 0 radical (unpaired) electrons. The van der Waals surface area contributed by atoms with E-state index in [2.05, 4.69) is 42.7 Å². The van der Waals surface area contributed by atoms with Crippen LogP contribution in [-0.4, -0.2) is 65.7 Å². The Labute approximate surface area is 323 Å². The van der Waals surface area contributed by atoms with Crippen molar-refractivity contribution in [2.45, 2.75) is 206 Å². The molecule has 0 fully saturated rings. The first kappa shape index (κ1) is 51.5. The molecule has 0 saturated carbocycles. The van der Waals surface area contributed by atoms with Gasteiger partial charge >= 0.3 is 19.8 Å². The van der Waals surface area contributed by atoms with E-state index >= 15 is 0 Å². The molecule has 3 unspecified atom stereocenters. The van der Waals surface area contributed by atoms with E-state index < -0.39 is 51.8 Å². The third-order valence-electron chi connectivity index (χ3n) is 9.09. The fourth-order valence-electron chi connectivity index (χ4n) is 5.80. The quantitative estimate of drug-likeness (QED) is 0.0238. The number of phosphoric ester groups is 1. The van der Waals surface area contributed by atoms with Gasteiger partial charge in [0, 0.05) is 12.8 Å². The van der Waals surface area contributed by atoms with Gasteiger partial charge in [0.25, 0.3) is 0 Å². The van der Waals surface area contributed by atoms with E-state index in [1.807, 2.05) is 0 Å². The largest absolute Gasteiger partial charge is 0.472 e. The molecule has 0 saturated heterocycles. The Morgan fingerprint density at radius 2 is 1.02 bits per heavy atom. The van der Waals surface area contributed by atoms with Crippen LogP contribution in [0, 0.1) is 0 Å². The highest BCUT2D eigenvalue weighted by Crippen LogP contribution is 2.43. The molecule has 0 rings (SSSR count). The third kappa shape index (κ3) is 38.5. The molecule has 3 atom stereocenters. The average molecular weight is 775 g/mol. The van der Waals surface area contributed by atoms with Crippen LogP contribution in [0.5, 0.6) is 0 Å². The zero-order valence-corrected chi connectivity index (χ0v) is 34.6. The van der Waals surface area contributed by atoms with Gasteiger partial charge in [0.2, 0.25) is 0 Å². The summed E-state index contributed by atoms with van der Waals surface area (Å²) in [5.74, 6) is -0.935. The minimum absolute atomic E-state index is 0.170. The van der Waals surface area contributed by atoms with Crippen LogP contribution in [0.1, 0.15) is 194 Å². The summed E-state index contributed by atoms with van der Waals surface area (Å²) in [6.45, 7) is 2.31.